The topological polar surface area (TPSA) is 59.1 Å². The molecule has 1 aliphatic heterocycles. The van der Waals surface area contributed by atoms with Crippen molar-refractivity contribution in [3.63, 3.8) is 0 Å². The number of carbonyl (C=O) groups is 2. The van der Waals surface area contributed by atoms with Crippen LogP contribution in [0.5, 0.6) is 11.5 Å². The van der Waals surface area contributed by atoms with Crippen LogP contribution in [0.1, 0.15) is 6.42 Å². The van der Waals surface area contributed by atoms with Crippen LogP contribution in [-0.2, 0) is 9.59 Å². The van der Waals surface area contributed by atoms with Crippen molar-refractivity contribution in [2.45, 2.75) is 6.42 Å². The average Bonchev–Trinajstić information content (AvgIpc) is 2.87. The highest BCUT2D eigenvalue weighted by Gasteiger charge is 2.36. The molecule has 0 spiro atoms. The first-order valence-corrected chi connectivity index (χ1v) is 6.71. The summed E-state index contributed by atoms with van der Waals surface area (Å²) in [5.41, 5.74) is 0.664. The second kappa shape index (κ2) is 6.03. The first-order chi connectivity index (χ1) is 9.97. The van der Waals surface area contributed by atoms with Crippen molar-refractivity contribution >= 4 is 17.5 Å². The van der Waals surface area contributed by atoms with Gasteiger partial charge in [-0.1, -0.05) is 0 Å². The van der Waals surface area contributed by atoms with E-state index in [1.54, 1.807) is 51.4 Å². The molecule has 1 fully saturated rings. The Kier molecular flexibility index (Phi) is 4.35. The summed E-state index contributed by atoms with van der Waals surface area (Å²) in [4.78, 5) is 27.3. The summed E-state index contributed by atoms with van der Waals surface area (Å²) >= 11 is 0. The fourth-order valence-corrected chi connectivity index (χ4v) is 2.48. The molecule has 2 amide bonds. The summed E-state index contributed by atoms with van der Waals surface area (Å²) in [7, 11) is 6.51. The SMILES string of the molecule is COc1ccc(N2C[C@@H](C(=O)N(C)C)CC2=O)c(OC)c1. The van der Waals surface area contributed by atoms with Crippen molar-refractivity contribution in [1.82, 2.24) is 4.90 Å². The Hall–Kier alpha value is -2.24. The summed E-state index contributed by atoms with van der Waals surface area (Å²) in [6.07, 6.45) is 0.228. The molecule has 1 saturated heterocycles. The number of rotatable bonds is 4. The molecule has 0 bridgehead atoms. The van der Waals surface area contributed by atoms with Gasteiger partial charge >= 0.3 is 0 Å². The minimum Gasteiger partial charge on any atom is -0.497 e. The molecular formula is C15H20N2O4. The Morgan fingerprint density at radius 1 is 1.29 bits per heavy atom. The van der Waals surface area contributed by atoms with Gasteiger partial charge in [0, 0.05) is 33.1 Å². The van der Waals surface area contributed by atoms with E-state index in [1.165, 1.54) is 4.90 Å². The second-order valence-electron chi connectivity index (χ2n) is 5.18. The van der Waals surface area contributed by atoms with Gasteiger partial charge in [-0.15, -0.1) is 0 Å². The minimum absolute atomic E-state index is 0.0293. The maximum Gasteiger partial charge on any atom is 0.227 e. The molecule has 1 aromatic carbocycles. The maximum atomic E-state index is 12.2. The predicted octanol–water partition coefficient (Wildman–Crippen LogP) is 1.14. The molecule has 2 rings (SSSR count). The van der Waals surface area contributed by atoms with Gasteiger partial charge in [0.25, 0.3) is 0 Å². The van der Waals surface area contributed by atoms with Crippen LogP contribution in [0.2, 0.25) is 0 Å². The zero-order chi connectivity index (χ0) is 15.6. The molecule has 0 aromatic heterocycles. The van der Waals surface area contributed by atoms with E-state index < -0.39 is 0 Å². The molecule has 0 aliphatic carbocycles. The summed E-state index contributed by atoms with van der Waals surface area (Å²) in [5, 5.41) is 0. The molecule has 1 aliphatic rings. The molecule has 21 heavy (non-hydrogen) atoms. The lowest BCUT2D eigenvalue weighted by Gasteiger charge is -2.20. The number of anilines is 1. The lowest BCUT2D eigenvalue weighted by molar-refractivity contribution is -0.133. The smallest absolute Gasteiger partial charge is 0.227 e. The summed E-state index contributed by atoms with van der Waals surface area (Å²) in [6, 6.07) is 5.27. The summed E-state index contributed by atoms with van der Waals surface area (Å²) in [5.74, 6) is 0.806. The predicted molar refractivity (Wildman–Crippen MR) is 78.7 cm³/mol. The van der Waals surface area contributed by atoms with Crippen LogP contribution in [0.4, 0.5) is 5.69 Å². The number of hydrogen-bond acceptors (Lipinski definition) is 4. The summed E-state index contributed by atoms with van der Waals surface area (Å²) < 4.78 is 10.5. The normalized spacial score (nSPS) is 17.8. The molecule has 1 heterocycles. The molecule has 0 unspecified atom stereocenters. The lowest BCUT2D eigenvalue weighted by Crippen LogP contribution is -2.32. The quantitative estimate of drug-likeness (QED) is 0.835. The Morgan fingerprint density at radius 2 is 2.00 bits per heavy atom. The molecule has 6 heteroatoms. The average molecular weight is 292 g/mol. The van der Waals surface area contributed by atoms with E-state index in [-0.39, 0.29) is 24.2 Å². The minimum atomic E-state index is -0.306. The van der Waals surface area contributed by atoms with Crippen LogP contribution in [0, 0.1) is 5.92 Å². The highest BCUT2D eigenvalue weighted by Crippen LogP contribution is 2.35. The van der Waals surface area contributed by atoms with Crippen LogP contribution < -0.4 is 14.4 Å². The summed E-state index contributed by atoms with van der Waals surface area (Å²) in [6.45, 7) is 0.374. The van der Waals surface area contributed by atoms with Crippen molar-refractivity contribution < 1.29 is 19.1 Å². The van der Waals surface area contributed by atoms with Crippen molar-refractivity contribution in [3.05, 3.63) is 18.2 Å². The number of hydrogen-bond donors (Lipinski definition) is 0. The highest BCUT2D eigenvalue weighted by molar-refractivity contribution is 6.01. The monoisotopic (exact) mass is 292 g/mol. The van der Waals surface area contributed by atoms with Gasteiger partial charge in [0.1, 0.15) is 11.5 Å². The third kappa shape index (κ3) is 2.94. The number of benzene rings is 1. The standard InChI is InChI=1S/C15H20N2O4/c1-16(2)15(19)10-7-14(18)17(9-10)12-6-5-11(20-3)8-13(12)21-4/h5-6,8,10H,7,9H2,1-4H3/t10-/m0/s1. The van der Waals surface area contributed by atoms with E-state index in [0.717, 1.165) is 0 Å². The van der Waals surface area contributed by atoms with Gasteiger partial charge in [-0.3, -0.25) is 9.59 Å². The van der Waals surface area contributed by atoms with Crippen LogP contribution in [0.15, 0.2) is 18.2 Å². The van der Waals surface area contributed by atoms with Crippen molar-refractivity contribution in [3.8, 4) is 11.5 Å². The van der Waals surface area contributed by atoms with Gasteiger partial charge in [0.05, 0.1) is 25.8 Å². The Balaban J connectivity index is 2.26. The molecule has 0 radical (unpaired) electrons. The number of nitrogens with zero attached hydrogens (tertiary/aromatic N) is 2. The molecular weight excluding hydrogens is 272 g/mol. The Labute approximate surface area is 124 Å². The first kappa shape index (κ1) is 15.2. The van der Waals surface area contributed by atoms with Crippen LogP contribution in [0.3, 0.4) is 0 Å². The lowest BCUT2D eigenvalue weighted by atomic mass is 10.1. The largest absolute Gasteiger partial charge is 0.497 e. The van der Waals surface area contributed by atoms with E-state index in [4.69, 9.17) is 9.47 Å². The van der Waals surface area contributed by atoms with Gasteiger partial charge in [-0.2, -0.15) is 0 Å². The Bertz CT molecular complexity index is 557. The zero-order valence-electron chi connectivity index (χ0n) is 12.8. The third-order valence-electron chi connectivity index (χ3n) is 3.59. The van der Waals surface area contributed by atoms with Crippen molar-refractivity contribution in [2.24, 2.45) is 5.92 Å². The number of amides is 2. The number of carbonyl (C=O) groups excluding carboxylic acids is 2. The molecule has 114 valence electrons. The van der Waals surface area contributed by atoms with Gasteiger partial charge in [0.15, 0.2) is 0 Å². The van der Waals surface area contributed by atoms with Gasteiger partial charge in [-0.25, -0.2) is 0 Å². The van der Waals surface area contributed by atoms with Gasteiger partial charge in [-0.05, 0) is 12.1 Å². The molecule has 0 saturated carbocycles. The highest BCUT2D eigenvalue weighted by atomic mass is 16.5. The van der Waals surface area contributed by atoms with Crippen molar-refractivity contribution in [1.29, 1.82) is 0 Å². The van der Waals surface area contributed by atoms with E-state index in [2.05, 4.69) is 0 Å². The zero-order valence-corrected chi connectivity index (χ0v) is 12.8. The molecule has 6 nitrogen and oxygen atoms in total. The first-order valence-electron chi connectivity index (χ1n) is 6.71. The van der Waals surface area contributed by atoms with Gasteiger partial charge < -0.3 is 19.3 Å². The third-order valence-corrected chi connectivity index (χ3v) is 3.59. The second-order valence-corrected chi connectivity index (χ2v) is 5.18. The van der Waals surface area contributed by atoms with E-state index in [9.17, 15) is 9.59 Å². The van der Waals surface area contributed by atoms with E-state index >= 15 is 0 Å². The van der Waals surface area contributed by atoms with Crippen LogP contribution in [0.25, 0.3) is 0 Å². The van der Waals surface area contributed by atoms with E-state index in [1.807, 2.05) is 0 Å². The van der Waals surface area contributed by atoms with E-state index in [0.29, 0.717) is 23.7 Å². The maximum absolute atomic E-state index is 12.2. The van der Waals surface area contributed by atoms with Crippen LogP contribution in [-0.4, -0.2) is 51.6 Å². The fourth-order valence-electron chi connectivity index (χ4n) is 2.48. The van der Waals surface area contributed by atoms with Crippen LogP contribution >= 0.6 is 0 Å². The number of ether oxygens (including phenoxy) is 2. The molecule has 1 aromatic rings. The van der Waals surface area contributed by atoms with Gasteiger partial charge in [0.2, 0.25) is 11.8 Å². The fraction of sp³-hybridized carbons (Fsp3) is 0.467. The number of methoxy groups -OCH3 is 2. The Morgan fingerprint density at radius 3 is 2.57 bits per heavy atom. The van der Waals surface area contributed by atoms with Crippen molar-refractivity contribution in [2.75, 3.05) is 39.8 Å². The molecule has 1 atom stereocenters. The molecule has 0 N–H and O–H groups in total.